The van der Waals surface area contributed by atoms with Gasteiger partial charge in [-0.3, -0.25) is 9.98 Å². The molecule has 0 amide bonds. The van der Waals surface area contributed by atoms with Crippen LogP contribution in [0.5, 0.6) is 0 Å². The van der Waals surface area contributed by atoms with Crippen LogP contribution >= 0.6 is 0 Å². The van der Waals surface area contributed by atoms with Gasteiger partial charge in [-0.05, 0) is 37.5 Å². The summed E-state index contributed by atoms with van der Waals surface area (Å²) >= 11 is 0. The minimum atomic E-state index is 0.481. The van der Waals surface area contributed by atoms with Gasteiger partial charge in [0.25, 0.3) is 0 Å². The summed E-state index contributed by atoms with van der Waals surface area (Å²) in [6.45, 7) is 11.2. The van der Waals surface area contributed by atoms with Crippen LogP contribution in [0.3, 0.4) is 0 Å². The van der Waals surface area contributed by atoms with Crippen molar-refractivity contribution in [2.24, 2.45) is 21.8 Å². The Bertz CT molecular complexity index is 402. The molecule has 0 aliphatic carbocycles. The van der Waals surface area contributed by atoms with Gasteiger partial charge in [-0.1, -0.05) is 51.8 Å². The number of allylic oxidation sites excluding steroid dienone is 2. The summed E-state index contributed by atoms with van der Waals surface area (Å²) in [4.78, 5) is 8.95. The summed E-state index contributed by atoms with van der Waals surface area (Å²) in [5, 5.41) is 0. The SMILES string of the molecule is C=C(C(C)CCCC)C(C)CC(=NC)C1=NC=CCC1. The molecule has 0 N–H and O–H groups in total. The van der Waals surface area contributed by atoms with Crippen molar-refractivity contribution in [1.82, 2.24) is 0 Å². The first-order valence-electron chi connectivity index (χ1n) is 7.96. The van der Waals surface area contributed by atoms with Crippen molar-refractivity contribution in [3.8, 4) is 0 Å². The molecule has 1 rings (SSSR count). The van der Waals surface area contributed by atoms with Crippen molar-refractivity contribution in [3.05, 3.63) is 24.4 Å². The highest BCUT2D eigenvalue weighted by Gasteiger charge is 2.18. The van der Waals surface area contributed by atoms with Crippen LogP contribution in [0.4, 0.5) is 0 Å². The molecule has 2 heteroatoms. The second-order valence-corrected chi connectivity index (χ2v) is 5.89. The van der Waals surface area contributed by atoms with Crippen LogP contribution in [0.2, 0.25) is 0 Å². The van der Waals surface area contributed by atoms with Gasteiger partial charge in [0, 0.05) is 13.2 Å². The van der Waals surface area contributed by atoms with E-state index in [0.717, 1.165) is 30.7 Å². The quantitative estimate of drug-likeness (QED) is 0.428. The fraction of sp³-hybridized carbons (Fsp3) is 0.667. The molecule has 0 aromatic carbocycles. The van der Waals surface area contributed by atoms with Crippen molar-refractivity contribution in [1.29, 1.82) is 0 Å². The molecule has 112 valence electrons. The van der Waals surface area contributed by atoms with Gasteiger partial charge in [0.1, 0.15) is 0 Å². The zero-order chi connectivity index (χ0) is 15.0. The molecule has 0 saturated heterocycles. The summed E-state index contributed by atoms with van der Waals surface area (Å²) in [7, 11) is 1.88. The van der Waals surface area contributed by atoms with Crippen LogP contribution in [0.1, 0.15) is 59.3 Å². The summed E-state index contributed by atoms with van der Waals surface area (Å²) in [5.41, 5.74) is 3.69. The average Bonchev–Trinajstić information content (AvgIpc) is 2.49. The summed E-state index contributed by atoms with van der Waals surface area (Å²) in [6.07, 6.45) is 10.9. The lowest BCUT2D eigenvalue weighted by Gasteiger charge is -2.22. The van der Waals surface area contributed by atoms with Gasteiger partial charge in [-0.2, -0.15) is 0 Å². The molecule has 1 aliphatic heterocycles. The Morgan fingerprint density at radius 3 is 2.70 bits per heavy atom. The smallest absolute Gasteiger partial charge is 0.0616 e. The third kappa shape index (κ3) is 5.07. The van der Waals surface area contributed by atoms with Crippen LogP contribution in [0, 0.1) is 11.8 Å². The standard InChI is InChI=1S/C18H30N2/c1-6-7-10-14(2)16(4)15(3)13-18(19-5)17-11-8-9-12-20-17/h9,12,14-15H,4,6-8,10-11,13H2,1-3,5H3. The molecule has 1 aliphatic rings. The molecule has 0 aromatic heterocycles. The minimum Gasteiger partial charge on any atom is -0.291 e. The Hall–Kier alpha value is -1.18. The first-order valence-corrected chi connectivity index (χ1v) is 7.96. The van der Waals surface area contributed by atoms with Gasteiger partial charge in [0.05, 0.1) is 11.4 Å². The molecule has 0 radical (unpaired) electrons. The van der Waals surface area contributed by atoms with E-state index in [4.69, 9.17) is 0 Å². The van der Waals surface area contributed by atoms with Crippen LogP contribution in [-0.2, 0) is 0 Å². The highest BCUT2D eigenvalue weighted by molar-refractivity contribution is 6.42. The van der Waals surface area contributed by atoms with Gasteiger partial charge in [-0.15, -0.1) is 0 Å². The van der Waals surface area contributed by atoms with Crippen molar-refractivity contribution in [2.45, 2.75) is 59.3 Å². The van der Waals surface area contributed by atoms with Crippen molar-refractivity contribution in [2.75, 3.05) is 7.05 Å². The van der Waals surface area contributed by atoms with Gasteiger partial charge in [0.2, 0.25) is 0 Å². The van der Waals surface area contributed by atoms with E-state index in [1.54, 1.807) is 0 Å². The Kier molecular flexibility index (Phi) is 7.50. The Balaban J connectivity index is 2.59. The van der Waals surface area contributed by atoms with E-state index >= 15 is 0 Å². The molecular weight excluding hydrogens is 244 g/mol. The first kappa shape index (κ1) is 16.9. The fourth-order valence-corrected chi connectivity index (χ4v) is 2.66. The number of hydrogen-bond acceptors (Lipinski definition) is 2. The monoisotopic (exact) mass is 274 g/mol. The number of nitrogens with zero attached hydrogens (tertiary/aromatic N) is 2. The van der Waals surface area contributed by atoms with Crippen LogP contribution in [0.15, 0.2) is 34.4 Å². The average molecular weight is 274 g/mol. The first-order chi connectivity index (χ1) is 9.60. The number of hydrogen-bond donors (Lipinski definition) is 0. The molecule has 0 bridgehead atoms. The second kappa shape index (κ2) is 8.89. The highest BCUT2D eigenvalue weighted by Crippen LogP contribution is 2.26. The Labute approximate surface area is 124 Å². The molecule has 1 heterocycles. The van der Waals surface area contributed by atoms with Gasteiger partial charge >= 0.3 is 0 Å². The largest absolute Gasteiger partial charge is 0.291 e. The molecule has 2 unspecified atom stereocenters. The van der Waals surface area contributed by atoms with Gasteiger partial charge in [-0.25, -0.2) is 0 Å². The molecule has 2 nitrogen and oxygen atoms in total. The van der Waals surface area contributed by atoms with E-state index in [0.29, 0.717) is 11.8 Å². The van der Waals surface area contributed by atoms with Gasteiger partial charge in [0.15, 0.2) is 0 Å². The maximum atomic E-state index is 4.48. The lowest BCUT2D eigenvalue weighted by Crippen LogP contribution is -2.20. The maximum Gasteiger partial charge on any atom is 0.0616 e. The predicted octanol–water partition coefficient (Wildman–Crippen LogP) is 5.21. The zero-order valence-electron chi connectivity index (χ0n) is 13.7. The van der Waals surface area contributed by atoms with E-state index in [2.05, 4.69) is 43.4 Å². The second-order valence-electron chi connectivity index (χ2n) is 5.89. The molecule has 0 spiro atoms. The zero-order valence-corrected chi connectivity index (χ0v) is 13.7. The van der Waals surface area contributed by atoms with E-state index in [1.165, 1.54) is 24.8 Å². The number of aliphatic imine (C=N–C) groups is 2. The topological polar surface area (TPSA) is 24.7 Å². The molecule has 0 saturated carbocycles. The third-order valence-corrected chi connectivity index (χ3v) is 4.24. The van der Waals surface area contributed by atoms with Crippen LogP contribution in [0.25, 0.3) is 0 Å². The van der Waals surface area contributed by atoms with E-state index in [9.17, 15) is 0 Å². The van der Waals surface area contributed by atoms with E-state index in [1.807, 2.05) is 13.2 Å². The Morgan fingerprint density at radius 1 is 1.40 bits per heavy atom. The third-order valence-electron chi connectivity index (χ3n) is 4.24. The molecule has 20 heavy (non-hydrogen) atoms. The van der Waals surface area contributed by atoms with Crippen molar-refractivity contribution >= 4 is 11.4 Å². The van der Waals surface area contributed by atoms with Crippen LogP contribution < -0.4 is 0 Å². The van der Waals surface area contributed by atoms with Crippen molar-refractivity contribution in [3.63, 3.8) is 0 Å². The van der Waals surface area contributed by atoms with E-state index < -0.39 is 0 Å². The van der Waals surface area contributed by atoms with Gasteiger partial charge < -0.3 is 0 Å². The lowest BCUT2D eigenvalue weighted by atomic mass is 9.84. The highest BCUT2D eigenvalue weighted by atomic mass is 14.8. The minimum absolute atomic E-state index is 0.481. The molecule has 0 fully saturated rings. The molecule has 0 aromatic rings. The molecular formula is C18H30N2. The van der Waals surface area contributed by atoms with Crippen molar-refractivity contribution < 1.29 is 0 Å². The summed E-state index contributed by atoms with van der Waals surface area (Å²) in [5.74, 6) is 1.09. The summed E-state index contributed by atoms with van der Waals surface area (Å²) in [6, 6.07) is 0. The number of unbranched alkanes of at least 4 members (excludes halogenated alkanes) is 1. The maximum absolute atomic E-state index is 4.48. The summed E-state index contributed by atoms with van der Waals surface area (Å²) < 4.78 is 0. The van der Waals surface area contributed by atoms with Crippen LogP contribution in [-0.4, -0.2) is 18.5 Å². The Morgan fingerprint density at radius 2 is 2.15 bits per heavy atom. The lowest BCUT2D eigenvalue weighted by molar-refractivity contribution is 0.513. The number of rotatable bonds is 8. The predicted molar refractivity (Wildman–Crippen MR) is 90.8 cm³/mol. The van der Waals surface area contributed by atoms with E-state index in [-0.39, 0.29) is 0 Å². The fourth-order valence-electron chi connectivity index (χ4n) is 2.66. The molecule has 2 atom stereocenters. The normalized spacial score (nSPS) is 18.6.